The van der Waals surface area contributed by atoms with Crippen molar-refractivity contribution in [2.45, 2.75) is 57.6 Å². The number of benzene rings is 3. The zero-order chi connectivity index (χ0) is 29.0. The van der Waals surface area contributed by atoms with Crippen molar-refractivity contribution in [3.63, 3.8) is 0 Å². The molecule has 0 bridgehead atoms. The molecule has 0 heterocycles. The Kier molecular flexibility index (Phi) is 9.69. The summed E-state index contributed by atoms with van der Waals surface area (Å²) in [4.78, 5) is 28.5. The number of anilines is 1. The standard InChI is InChI=1S/C29H33Cl2N3O4S/c1-20-10-9-11-24(16-20)34(39(37,38)25-12-7-6-8-13-25)19-27(35)33(21(2)28(36)32-29(3,4)5)18-22-14-15-23(30)17-26(22)31/h6-17,21H,18-19H2,1-5H3,(H,32,36)/t21-/m0/s1. The third-order valence-electron chi connectivity index (χ3n) is 5.92. The molecule has 0 radical (unpaired) electrons. The van der Waals surface area contributed by atoms with Crippen LogP contribution in [-0.4, -0.2) is 43.3 Å². The van der Waals surface area contributed by atoms with Gasteiger partial charge in [-0.25, -0.2) is 8.42 Å². The predicted octanol–water partition coefficient (Wildman–Crippen LogP) is 5.83. The van der Waals surface area contributed by atoms with Gasteiger partial charge in [-0.15, -0.1) is 0 Å². The highest BCUT2D eigenvalue weighted by atomic mass is 35.5. The van der Waals surface area contributed by atoms with Crippen LogP contribution in [0.25, 0.3) is 0 Å². The molecule has 0 spiro atoms. The highest BCUT2D eigenvalue weighted by Gasteiger charge is 2.33. The van der Waals surface area contributed by atoms with Crippen LogP contribution >= 0.6 is 23.2 Å². The molecular formula is C29H33Cl2N3O4S. The van der Waals surface area contributed by atoms with Crippen LogP contribution in [0, 0.1) is 6.92 Å². The fourth-order valence-electron chi connectivity index (χ4n) is 3.92. The van der Waals surface area contributed by atoms with Crippen LogP contribution in [0.2, 0.25) is 10.0 Å². The number of rotatable bonds is 9. The Morgan fingerprint density at radius 1 is 0.949 bits per heavy atom. The average Bonchev–Trinajstić information content (AvgIpc) is 2.85. The lowest BCUT2D eigenvalue weighted by molar-refractivity contribution is -0.140. The van der Waals surface area contributed by atoms with E-state index < -0.39 is 34.1 Å². The molecule has 3 aromatic rings. The third kappa shape index (κ3) is 7.97. The molecule has 0 fully saturated rings. The largest absolute Gasteiger partial charge is 0.350 e. The van der Waals surface area contributed by atoms with Crippen molar-refractivity contribution in [2.75, 3.05) is 10.8 Å². The minimum atomic E-state index is -4.12. The molecular weight excluding hydrogens is 557 g/mol. The highest BCUT2D eigenvalue weighted by Crippen LogP contribution is 2.27. The van der Waals surface area contributed by atoms with Crippen LogP contribution in [0.5, 0.6) is 0 Å². The fourth-order valence-corrected chi connectivity index (χ4v) is 5.82. The van der Waals surface area contributed by atoms with Gasteiger partial charge in [-0.2, -0.15) is 0 Å². The topological polar surface area (TPSA) is 86.8 Å². The number of hydrogen-bond donors (Lipinski definition) is 1. The summed E-state index contributed by atoms with van der Waals surface area (Å²) < 4.78 is 28.6. The SMILES string of the molecule is Cc1cccc(N(CC(=O)N(Cc2ccc(Cl)cc2Cl)[C@@H](C)C(=O)NC(C)(C)C)S(=O)(=O)c2ccccc2)c1. The first-order valence-corrected chi connectivity index (χ1v) is 14.6. The van der Waals surface area contributed by atoms with E-state index in [-0.39, 0.29) is 17.3 Å². The maximum atomic E-state index is 14.0. The van der Waals surface area contributed by atoms with Gasteiger partial charge in [0.05, 0.1) is 10.6 Å². The molecule has 0 aliphatic heterocycles. The summed E-state index contributed by atoms with van der Waals surface area (Å²) in [6, 6.07) is 18.8. The van der Waals surface area contributed by atoms with Gasteiger partial charge in [0.2, 0.25) is 11.8 Å². The Morgan fingerprint density at radius 3 is 2.21 bits per heavy atom. The second-order valence-corrected chi connectivity index (χ2v) is 13.0. The summed E-state index contributed by atoms with van der Waals surface area (Å²) in [7, 11) is -4.12. The van der Waals surface area contributed by atoms with Crippen molar-refractivity contribution in [1.29, 1.82) is 0 Å². The van der Waals surface area contributed by atoms with Crippen molar-refractivity contribution < 1.29 is 18.0 Å². The van der Waals surface area contributed by atoms with Gasteiger partial charge in [0, 0.05) is 22.1 Å². The molecule has 0 saturated heterocycles. The van der Waals surface area contributed by atoms with E-state index in [0.717, 1.165) is 9.87 Å². The lowest BCUT2D eigenvalue weighted by atomic mass is 10.1. The molecule has 0 aromatic heterocycles. The Balaban J connectivity index is 2.05. The lowest BCUT2D eigenvalue weighted by Gasteiger charge is -2.33. The summed E-state index contributed by atoms with van der Waals surface area (Å²) in [5, 5.41) is 3.65. The first-order chi connectivity index (χ1) is 18.2. The van der Waals surface area contributed by atoms with Crippen molar-refractivity contribution in [3.8, 4) is 0 Å². The van der Waals surface area contributed by atoms with Gasteiger partial charge in [0.1, 0.15) is 12.6 Å². The van der Waals surface area contributed by atoms with Crippen molar-refractivity contribution >= 4 is 50.7 Å². The van der Waals surface area contributed by atoms with E-state index in [9.17, 15) is 18.0 Å². The van der Waals surface area contributed by atoms with E-state index in [0.29, 0.717) is 21.3 Å². The molecule has 208 valence electrons. The zero-order valence-electron chi connectivity index (χ0n) is 22.6. The van der Waals surface area contributed by atoms with Gasteiger partial charge in [0.25, 0.3) is 10.0 Å². The average molecular weight is 591 g/mol. The van der Waals surface area contributed by atoms with Gasteiger partial charge in [-0.1, -0.05) is 59.6 Å². The molecule has 0 aliphatic rings. The Bertz CT molecular complexity index is 1440. The number of carbonyl (C=O) groups excluding carboxylic acids is 2. The summed E-state index contributed by atoms with van der Waals surface area (Å²) in [5.41, 5.74) is 1.19. The molecule has 7 nitrogen and oxygen atoms in total. The number of nitrogens with zero attached hydrogens (tertiary/aromatic N) is 2. The molecule has 0 aliphatic carbocycles. The van der Waals surface area contributed by atoms with Gasteiger partial charge in [-0.3, -0.25) is 13.9 Å². The van der Waals surface area contributed by atoms with E-state index >= 15 is 0 Å². The number of sulfonamides is 1. The minimum Gasteiger partial charge on any atom is -0.350 e. The first kappa shape index (κ1) is 30.5. The number of amides is 2. The van der Waals surface area contributed by atoms with Gasteiger partial charge >= 0.3 is 0 Å². The molecule has 10 heteroatoms. The van der Waals surface area contributed by atoms with E-state index in [4.69, 9.17) is 23.2 Å². The highest BCUT2D eigenvalue weighted by molar-refractivity contribution is 7.92. The summed E-state index contributed by atoms with van der Waals surface area (Å²) >= 11 is 12.5. The predicted molar refractivity (Wildman–Crippen MR) is 157 cm³/mol. The normalized spacial score (nSPS) is 12.5. The molecule has 39 heavy (non-hydrogen) atoms. The molecule has 0 unspecified atom stereocenters. The molecule has 2 amide bonds. The number of hydrogen-bond acceptors (Lipinski definition) is 4. The Labute approximate surface area is 240 Å². The van der Waals surface area contributed by atoms with Crippen LogP contribution in [0.3, 0.4) is 0 Å². The van der Waals surface area contributed by atoms with Crippen molar-refractivity contribution in [3.05, 3.63) is 94.0 Å². The number of aryl methyl sites for hydroxylation is 1. The summed E-state index contributed by atoms with van der Waals surface area (Å²) in [6.07, 6.45) is 0. The number of halogens is 2. The third-order valence-corrected chi connectivity index (χ3v) is 8.30. The van der Waals surface area contributed by atoms with Crippen molar-refractivity contribution in [2.24, 2.45) is 0 Å². The molecule has 3 rings (SSSR count). The van der Waals surface area contributed by atoms with E-state index in [2.05, 4.69) is 5.32 Å². The van der Waals surface area contributed by atoms with Crippen LogP contribution in [-0.2, 0) is 26.2 Å². The lowest BCUT2D eigenvalue weighted by Crippen LogP contribution is -2.54. The van der Waals surface area contributed by atoms with Crippen LogP contribution in [0.1, 0.15) is 38.8 Å². The maximum absolute atomic E-state index is 14.0. The first-order valence-electron chi connectivity index (χ1n) is 12.4. The Morgan fingerprint density at radius 2 is 1.62 bits per heavy atom. The molecule has 0 saturated carbocycles. The maximum Gasteiger partial charge on any atom is 0.264 e. The molecule has 1 N–H and O–H groups in total. The zero-order valence-corrected chi connectivity index (χ0v) is 24.9. The van der Waals surface area contributed by atoms with Crippen LogP contribution < -0.4 is 9.62 Å². The van der Waals surface area contributed by atoms with Crippen LogP contribution in [0.15, 0.2) is 77.7 Å². The summed E-state index contributed by atoms with van der Waals surface area (Å²) in [6.45, 7) is 8.40. The summed E-state index contributed by atoms with van der Waals surface area (Å²) in [5.74, 6) is -0.951. The molecule has 1 atom stereocenters. The van der Waals surface area contributed by atoms with E-state index in [1.807, 2.05) is 33.8 Å². The van der Waals surface area contributed by atoms with Crippen molar-refractivity contribution in [1.82, 2.24) is 10.2 Å². The van der Waals surface area contributed by atoms with Crippen LogP contribution in [0.4, 0.5) is 5.69 Å². The monoisotopic (exact) mass is 589 g/mol. The van der Waals surface area contributed by atoms with Gasteiger partial charge in [0.15, 0.2) is 0 Å². The van der Waals surface area contributed by atoms with Gasteiger partial charge < -0.3 is 10.2 Å². The van der Waals surface area contributed by atoms with E-state index in [1.54, 1.807) is 61.5 Å². The Hall–Kier alpha value is -3.07. The second kappa shape index (κ2) is 12.4. The fraction of sp³-hybridized carbons (Fsp3) is 0.310. The number of carbonyl (C=O) groups is 2. The van der Waals surface area contributed by atoms with Gasteiger partial charge in [-0.05, 0) is 82.1 Å². The number of nitrogens with one attached hydrogen (secondary N) is 1. The minimum absolute atomic E-state index is 0.0272. The second-order valence-electron chi connectivity index (χ2n) is 10.3. The smallest absolute Gasteiger partial charge is 0.264 e. The molecule has 3 aromatic carbocycles. The quantitative estimate of drug-likeness (QED) is 0.340. The van der Waals surface area contributed by atoms with E-state index in [1.165, 1.54) is 17.0 Å².